The first-order valence-corrected chi connectivity index (χ1v) is 5.86. The topological polar surface area (TPSA) is 78.4 Å². The molecule has 5 nitrogen and oxygen atoms in total. The highest BCUT2D eigenvalue weighted by atomic mass is 16.4. The van der Waals surface area contributed by atoms with Crippen LogP contribution in [-0.2, 0) is 9.59 Å². The maximum absolute atomic E-state index is 11.5. The van der Waals surface area contributed by atoms with Gasteiger partial charge in [-0.2, -0.15) is 0 Å². The fraction of sp³-hybridized carbons (Fsp3) is 0.818. The van der Waals surface area contributed by atoms with E-state index < -0.39 is 5.97 Å². The molecule has 0 aromatic carbocycles. The van der Waals surface area contributed by atoms with Crippen molar-refractivity contribution in [3.8, 4) is 0 Å². The van der Waals surface area contributed by atoms with E-state index in [9.17, 15) is 9.59 Å². The van der Waals surface area contributed by atoms with E-state index in [2.05, 4.69) is 10.6 Å². The van der Waals surface area contributed by atoms with Crippen molar-refractivity contribution >= 4 is 11.9 Å². The molecule has 5 heteroatoms. The van der Waals surface area contributed by atoms with Crippen LogP contribution in [0.2, 0.25) is 0 Å². The van der Waals surface area contributed by atoms with Gasteiger partial charge in [0.2, 0.25) is 5.91 Å². The van der Waals surface area contributed by atoms with Crippen molar-refractivity contribution in [3.63, 3.8) is 0 Å². The molecule has 0 radical (unpaired) electrons. The van der Waals surface area contributed by atoms with Crippen LogP contribution in [0.3, 0.4) is 0 Å². The van der Waals surface area contributed by atoms with E-state index in [-0.39, 0.29) is 18.4 Å². The molecule has 92 valence electrons. The van der Waals surface area contributed by atoms with Gasteiger partial charge in [-0.25, -0.2) is 0 Å². The zero-order valence-corrected chi connectivity index (χ0v) is 9.66. The lowest BCUT2D eigenvalue weighted by Gasteiger charge is -2.16. The summed E-state index contributed by atoms with van der Waals surface area (Å²) >= 11 is 0. The lowest BCUT2D eigenvalue weighted by Crippen LogP contribution is -2.41. The second kappa shape index (κ2) is 6.48. The summed E-state index contributed by atoms with van der Waals surface area (Å²) in [6, 6.07) is 0.255. The number of amides is 1. The second-order valence-corrected chi connectivity index (χ2v) is 4.31. The number of carboxylic acid groups (broad SMARTS) is 1. The van der Waals surface area contributed by atoms with Gasteiger partial charge in [0, 0.05) is 12.1 Å². The molecule has 0 heterocycles. The molecule has 0 bridgehead atoms. The monoisotopic (exact) mass is 228 g/mol. The van der Waals surface area contributed by atoms with Crippen LogP contribution < -0.4 is 10.6 Å². The largest absolute Gasteiger partial charge is 0.481 e. The molecule has 0 aromatic heterocycles. The molecule has 1 fully saturated rings. The van der Waals surface area contributed by atoms with Crippen LogP contribution in [0.25, 0.3) is 0 Å². The molecule has 1 aliphatic carbocycles. The van der Waals surface area contributed by atoms with Gasteiger partial charge in [0.05, 0.1) is 13.0 Å². The van der Waals surface area contributed by atoms with Gasteiger partial charge in [-0.3, -0.25) is 9.59 Å². The highest BCUT2D eigenvalue weighted by molar-refractivity contribution is 5.79. The average molecular weight is 228 g/mol. The first-order valence-electron chi connectivity index (χ1n) is 5.86. The first kappa shape index (κ1) is 13.0. The summed E-state index contributed by atoms with van der Waals surface area (Å²) < 4.78 is 0. The fourth-order valence-corrected chi connectivity index (χ4v) is 1.59. The predicted octanol–water partition coefficient (Wildman–Crippen LogP) is 0.498. The van der Waals surface area contributed by atoms with E-state index in [1.807, 2.05) is 6.92 Å². The summed E-state index contributed by atoms with van der Waals surface area (Å²) in [7, 11) is 0. The first-order chi connectivity index (χ1) is 7.61. The van der Waals surface area contributed by atoms with Crippen LogP contribution in [-0.4, -0.2) is 35.6 Å². The third-order valence-electron chi connectivity index (χ3n) is 2.55. The third kappa shape index (κ3) is 5.70. The molecule has 1 atom stereocenters. The molecule has 0 spiro atoms. The molecule has 1 saturated carbocycles. The smallest absolute Gasteiger partial charge is 0.305 e. The minimum absolute atomic E-state index is 0.00298. The van der Waals surface area contributed by atoms with Crippen LogP contribution in [0.1, 0.15) is 39.0 Å². The Morgan fingerprint density at radius 3 is 2.62 bits per heavy atom. The lowest BCUT2D eigenvalue weighted by molar-refractivity contribution is -0.137. The van der Waals surface area contributed by atoms with Gasteiger partial charge in [0.15, 0.2) is 0 Å². The van der Waals surface area contributed by atoms with Gasteiger partial charge < -0.3 is 15.7 Å². The standard InChI is InChI=1S/C11H20N2O3/c1-2-3-9(6-11(15)16)13-10(14)7-12-8-4-5-8/h8-9,12H,2-7H2,1H3,(H,13,14)(H,15,16). The summed E-state index contributed by atoms with van der Waals surface area (Å²) in [4.78, 5) is 22.1. The minimum Gasteiger partial charge on any atom is -0.481 e. The van der Waals surface area contributed by atoms with E-state index in [1.165, 1.54) is 0 Å². The van der Waals surface area contributed by atoms with Crippen LogP contribution in [0.4, 0.5) is 0 Å². The van der Waals surface area contributed by atoms with Crippen molar-refractivity contribution in [3.05, 3.63) is 0 Å². The Morgan fingerprint density at radius 1 is 1.44 bits per heavy atom. The van der Waals surface area contributed by atoms with Crippen molar-refractivity contribution in [2.45, 2.75) is 51.1 Å². The van der Waals surface area contributed by atoms with Gasteiger partial charge in [-0.15, -0.1) is 0 Å². The number of rotatable bonds is 8. The van der Waals surface area contributed by atoms with Crippen molar-refractivity contribution in [2.24, 2.45) is 0 Å². The number of nitrogens with one attached hydrogen (secondary N) is 2. The van der Waals surface area contributed by atoms with Gasteiger partial charge in [-0.1, -0.05) is 13.3 Å². The Labute approximate surface area is 95.6 Å². The molecular formula is C11H20N2O3. The summed E-state index contributed by atoms with van der Waals surface area (Å²) in [5.74, 6) is -0.972. The Hall–Kier alpha value is -1.10. The zero-order valence-electron chi connectivity index (χ0n) is 9.66. The van der Waals surface area contributed by atoms with Crippen molar-refractivity contribution in [1.29, 1.82) is 0 Å². The molecular weight excluding hydrogens is 208 g/mol. The Kier molecular flexibility index (Phi) is 5.25. The molecule has 1 aliphatic rings. The van der Waals surface area contributed by atoms with Crippen LogP contribution in [0, 0.1) is 0 Å². The Bertz CT molecular complexity index is 252. The van der Waals surface area contributed by atoms with E-state index in [0.717, 1.165) is 19.3 Å². The van der Waals surface area contributed by atoms with E-state index in [4.69, 9.17) is 5.11 Å². The van der Waals surface area contributed by atoms with Crippen LogP contribution in [0.15, 0.2) is 0 Å². The van der Waals surface area contributed by atoms with Crippen molar-refractivity contribution in [2.75, 3.05) is 6.54 Å². The maximum atomic E-state index is 11.5. The third-order valence-corrected chi connectivity index (χ3v) is 2.55. The summed E-state index contributed by atoms with van der Waals surface area (Å²) in [6.45, 7) is 2.27. The molecule has 16 heavy (non-hydrogen) atoms. The van der Waals surface area contributed by atoms with E-state index in [1.54, 1.807) is 0 Å². The highest BCUT2D eigenvalue weighted by Crippen LogP contribution is 2.17. The quantitative estimate of drug-likeness (QED) is 0.565. The Balaban J connectivity index is 2.21. The van der Waals surface area contributed by atoms with E-state index in [0.29, 0.717) is 19.0 Å². The summed E-state index contributed by atoms with van der Waals surface area (Å²) in [5.41, 5.74) is 0. The maximum Gasteiger partial charge on any atom is 0.305 e. The average Bonchev–Trinajstić information content (AvgIpc) is 2.97. The molecule has 0 aromatic rings. The lowest BCUT2D eigenvalue weighted by atomic mass is 10.1. The van der Waals surface area contributed by atoms with E-state index >= 15 is 0 Å². The number of hydrogen-bond acceptors (Lipinski definition) is 3. The van der Waals surface area contributed by atoms with Crippen molar-refractivity contribution in [1.82, 2.24) is 10.6 Å². The Morgan fingerprint density at radius 2 is 2.12 bits per heavy atom. The highest BCUT2D eigenvalue weighted by Gasteiger charge is 2.22. The molecule has 3 N–H and O–H groups in total. The molecule has 1 unspecified atom stereocenters. The zero-order chi connectivity index (χ0) is 12.0. The van der Waals surface area contributed by atoms with Crippen molar-refractivity contribution < 1.29 is 14.7 Å². The number of aliphatic carboxylic acids is 1. The molecule has 0 aliphatic heterocycles. The number of carboxylic acids is 1. The SMILES string of the molecule is CCCC(CC(=O)O)NC(=O)CNC1CC1. The number of carbonyl (C=O) groups excluding carboxylic acids is 1. The minimum atomic E-state index is -0.867. The van der Waals surface area contributed by atoms with Gasteiger partial charge >= 0.3 is 5.97 Å². The molecule has 0 saturated heterocycles. The van der Waals surface area contributed by atoms with Gasteiger partial charge in [0.1, 0.15) is 0 Å². The molecule has 1 rings (SSSR count). The summed E-state index contributed by atoms with van der Waals surface area (Å²) in [6.07, 6.45) is 3.86. The fourth-order valence-electron chi connectivity index (χ4n) is 1.59. The number of carbonyl (C=O) groups is 2. The van der Waals surface area contributed by atoms with Crippen LogP contribution in [0.5, 0.6) is 0 Å². The summed E-state index contributed by atoms with van der Waals surface area (Å²) in [5, 5.41) is 14.5. The normalized spacial score (nSPS) is 16.8. The van der Waals surface area contributed by atoms with Gasteiger partial charge in [-0.05, 0) is 19.3 Å². The van der Waals surface area contributed by atoms with Crippen LogP contribution >= 0.6 is 0 Å². The molecule has 1 amide bonds. The second-order valence-electron chi connectivity index (χ2n) is 4.31. The predicted molar refractivity (Wildman–Crippen MR) is 60.1 cm³/mol. The van der Waals surface area contributed by atoms with Gasteiger partial charge in [0.25, 0.3) is 0 Å². The number of hydrogen-bond donors (Lipinski definition) is 3.